The number of allylic oxidation sites excluding steroid dienone is 1. The van der Waals surface area contributed by atoms with Crippen molar-refractivity contribution >= 4 is 80.2 Å². The van der Waals surface area contributed by atoms with Gasteiger partial charge < -0.3 is 9.84 Å². The fraction of sp³-hybridized carbons (Fsp3) is 0.174. The van der Waals surface area contributed by atoms with Crippen LogP contribution in [-0.4, -0.2) is 22.2 Å². The summed E-state index contributed by atoms with van der Waals surface area (Å²) in [5.41, 5.74) is 1.76. The molecule has 1 aromatic heterocycles. The number of ether oxygens (including phenoxy) is 1. The first-order valence-corrected chi connectivity index (χ1v) is 13.2. The predicted octanol–water partition coefficient (Wildman–Crippen LogP) is 4.37. The van der Waals surface area contributed by atoms with E-state index in [9.17, 15) is 14.7 Å². The van der Waals surface area contributed by atoms with Crippen LogP contribution >= 0.6 is 68.1 Å². The molecule has 170 valence electrons. The molecule has 1 aliphatic heterocycles. The first-order valence-electron chi connectivity index (χ1n) is 9.84. The number of phenolic OH excluding ortho intramolecular Hbond substituents is 1. The van der Waals surface area contributed by atoms with Crippen LogP contribution in [0, 0.1) is 7.14 Å². The summed E-state index contributed by atoms with van der Waals surface area (Å²) in [5.74, 6) is -0.405. The quantitative estimate of drug-likeness (QED) is 0.323. The van der Waals surface area contributed by atoms with E-state index in [1.54, 1.807) is 44.2 Å². The predicted molar refractivity (Wildman–Crippen MR) is 145 cm³/mol. The molecule has 1 N–H and O–H groups in total. The molecule has 4 rings (SSSR count). The average Bonchev–Trinajstić information content (AvgIpc) is 3.06. The number of halogens is 3. The van der Waals surface area contributed by atoms with Crippen LogP contribution in [0.1, 0.15) is 31.0 Å². The van der Waals surface area contributed by atoms with Crippen LogP contribution in [0.25, 0.3) is 6.08 Å². The van der Waals surface area contributed by atoms with Gasteiger partial charge in [0.15, 0.2) is 4.80 Å². The molecule has 0 amide bonds. The van der Waals surface area contributed by atoms with Crippen molar-refractivity contribution in [1.82, 2.24) is 4.57 Å². The van der Waals surface area contributed by atoms with E-state index in [0.29, 0.717) is 34.8 Å². The fourth-order valence-corrected chi connectivity index (χ4v) is 6.64. The maximum atomic E-state index is 13.6. The number of fused-ring (bicyclic) bond motifs is 1. The van der Waals surface area contributed by atoms with Crippen LogP contribution in [0.4, 0.5) is 0 Å². The highest BCUT2D eigenvalue weighted by Gasteiger charge is 2.33. The van der Waals surface area contributed by atoms with E-state index >= 15 is 0 Å². The molecule has 2 aromatic carbocycles. The van der Waals surface area contributed by atoms with Crippen molar-refractivity contribution in [3.05, 3.63) is 90.6 Å². The third kappa shape index (κ3) is 4.77. The minimum Gasteiger partial charge on any atom is -0.506 e. The minimum atomic E-state index is -0.704. The Morgan fingerprint density at radius 1 is 1.30 bits per heavy atom. The van der Waals surface area contributed by atoms with Gasteiger partial charge in [0, 0.05) is 14.2 Å². The van der Waals surface area contributed by atoms with Crippen LogP contribution in [0.2, 0.25) is 5.02 Å². The van der Waals surface area contributed by atoms with Crippen molar-refractivity contribution in [2.45, 2.75) is 19.9 Å². The molecule has 6 nitrogen and oxygen atoms in total. The zero-order chi connectivity index (χ0) is 23.9. The Hall–Kier alpha value is -1.70. The lowest BCUT2D eigenvalue weighted by Gasteiger charge is -2.24. The van der Waals surface area contributed by atoms with E-state index in [4.69, 9.17) is 16.3 Å². The average molecular weight is 707 g/mol. The van der Waals surface area contributed by atoms with Gasteiger partial charge in [0.1, 0.15) is 5.75 Å². The van der Waals surface area contributed by atoms with Crippen molar-refractivity contribution < 1.29 is 14.6 Å². The molecule has 0 radical (unpaired) electrons. The number of esters is 1. The topological polar surface area (TPSA) is 80.9 Å². The standard InChI is InChI=1S/C23H17ClI2N2O4S/c1-3-32-22(31)18-11(2)27-23-28(19(18)12-4-6-14(24)7-5-12)21(30)17(33-23)9-13-8-15(25)10-16(26)20(13)29/h4-10,19,29H,3H2,1-2H3/b17-9-/t19-/m0/s1. The van der Waals surface area contributed by atoms with Gasteiger partial charge in [0.05, 0.1) is 32.0 Å². The number of thiazole rings is 1. The molecule has 1 aliphatic rings. The Morgan fingerprint density at radius 2 is 2.00 bits per heavy atom. The zero-order valence-electron chi connectivity index (χ0n) is 17.4. The summed E-state index contributed by atoms with van der Waals surface area (Å²) in [7, 11) is 0. The number of nitrogens with zero attached hydrogens (tertiary/aromatic N) is 2. The number of carbonyl (C=O) groups excluding carboxylic acids is 1. The maximum absolute atomic E-state index is 13.6. The third-order valence-electron chi connectivity index (χ3n) is 5.05. The van der Waals surface area contributed by atoms with Crippen LogP contribution in [-0.2, 0) is 9.53 Å². The number of hydrogen-bond donors (Lipinski definition) is 1. The molecule has 0 fully saturated rings. The van der Waals surface area contributed by atoms with E-state index in [2.05, 4.69) is 50.2 Å². The Balaban J connectivity index is 1.98. The van der Waals surface area contributed by atoms with Crippen molar-refractivity contribution in [3.63, 3.8) is 0 Å². The summed E-state index contributed by atoms with van der Waals surface area (Å²) in [4.78, 5) is 31.5. The van der Waals surface area contributed by atoms with Gasteiger partial charge in [0.25, 0.3) is 5.56 Å². The van der Waals surface area contributed by atoms with E-state index in [1.165, 1.54) is 15.9 Å². The highest BCUT2D eigenvalue weighted by Crippen LogP contribution is 2.31. The van der Waals surface area contributed by atoms with Crippen LogP contribution < -0.4 is 14.9 Å². The van der Waals surface area contributed by atoms with Gasteiger partial charge in [-0.1, -0.05) is 35.1 Å². The molecule has 0 spiro atoms. The number of carbonyl (C=O) groups is 1. The van der Waals surface area contributed by atoms with Gasteiger partial charge in [-0.05, 0) is 94.9 Å². The molecular weight excluding hydrogens is 690 g/mol. The molecule has 0 saturated carbocycles. The second kappa shape index (κ2) is 9.88. The number of rotatable bonds is 4. The molecule has 3 aromatic rings. The summed E-state index contributed by atoms with van der Waals surface area (Å²) in [5, 5.41) is 11.0. The Kier molecular flexibility index (Phi) is 7.32. The van der Waals surface area contributed by atoms with Crippen molar-refractivity contribution in [2.24, 2.45) is 4.99 Å². The normalized spacial score (nSPS) is 15.9. The van der Waals surface area contributed by atoms with E-state index in [-0.39, 0.29) is 17.9 Å². The van der Waals surface area contributed by atoms with Gasteiger partial charge >= 0.3 is 5.97 Å². The summed E-state index contributed by atoms with van der Waals surface area (Å²) >= 11 is 11.5. The van der Waals surface area contributed by atoms with Crippen LogP contribution in [0.3, 0.4) is 0 Å². The van der Waals surface area contributed by atoms with Gasteiger partial charge in [-0.15, -0.1) is 0 Å². The van der Waals surface area contributed by atoms with Crippen molar-refractivity contribution in [2.75, 3.05) is 6.61 Å². The van der Waals surface area contributed by atoms with Crippen LogP contribution in [0.15, 0.2) is 57.5 Å². The lowest BCUT2D eigenvalue weighted by Crippen LogP contribution is -2.39. The smallest absolute Gasteiger partial charge is 0.338 e. The number of benzene rings is 2. The lowest BCUT2D eigenvalue weighted by molar-refractivity contribution is -0.139. The molecule has 0 aliphatic carbocycles. The summed E-state index contributed by atoms with van der Waals surface area (Å²) < 4.78 is 8.83. The largest absolute Gasteiger partial charge is 0.506 e. The van der Waals surface area contributed by atoms with Crippen molar-refractivity contribution in [1.29, 1.82) is 0 Å². The maximum Gasteiger partial charge on any atom is 0.338 e. The monoisotopic (exact) mass is 706 g/mol. The van der Waals surface area contributed by atoms with E-state index in [0.717, 1.165) is 9.13 Å². The molecule has 33 heavy (non-hydrogen) atoms. The summed E-state index contributed by atoms with van der Waals surface area (Å²) in [6.45, 7) is 3.67. The second-order valence-electron chi connectivity index (χ2n) is 7.18. The molecule has 2 heterocycles. The van der Waals surface area contributed by atoms with Crippen molar-refractivity contribution in [3.8, 4) is 5.75 Å². The minimum absolute atomic E-state index is 0.111. The Labute approximate surface area is 225 Å². The SMILES string of the molecule is CCOC(=O)C1=C(C)N=c2s/c(=C\c3cc(I)cc(I)c3O)c(=O)n2[C@H]1c1ccc(Cl)cc1. The molecule has 0 bridgehead atoms. The Bertz CT molecular complexity index is 1480. The second-order valence-corrected chi connectivity index (χ2v) is 11.0. The summed E-state index contributed by atoms with van der Waals surface area (Å²) in [6.07, 6.45) is 1.66. The number of aromatic hydroxyl groups is 1. The highest BCUT2D eigenvalue weighted by molar-refractivity contribution is 14.1. The molecule has 1 atom stereocenters. The van der Waals surface area contributed by atoms with Gasteiger partial charge in [-0.25, -0.2) is 9.79 Å². The Morgan fingerprint density at radius 3 is 2.67 bits per heavy atom. The van der Waals surface area contributed by atoms with E-state index in [1.807, 2.05) is 12.1 Å². The zero-order valence-corrected chi connectivity index (χ0v) is 23.3. The molecule has 10 heteroatoms. The number of hydrogen-bond acceptors (Lipinski definition) is 6. The number of aromatic nitrogens is 1. The number of phenols is 1. The highest BCUT2D eigenvalue weighted by atomic mass is 127. The van der Waals surface area contributed by atoms with Gasteiger partial charge in [-0.2, -0.15) is 0 Å². The first kappa shape index (κ1) is 24.4. The molecule has 0 unspecified atom stereocenters. The fourth-order valence-electron chi connectivity index (χ4n) is 3.59. The molecular formula is C23H17ClI2N2O4S. The lowest BCUT2D eigenvalue weighted by atomic mass is 9.96. The first-order chi connectivity index (χ1) is 15.7. The third-order valence-corrected chi connectivity index (χ3v) is 7.73. The summed E-state index contributed by atoms with van der Waals surface area (Å²) in [6, 6.07) is 9.97. The molecule has 0 saturated heterocycles. The van der Waals surface area contributed by atoms with Gasteiger partial charge in [-0.3, -0.25) is 9.36 Å². The van der Waals surface area contributed by atoms with Crippen LogP contribution in [0.5, 0.6) is 5.75 Å². The van der Waals surface area contributed by atoms with E-state index < -0.39 is 12.0 Å². The van der Waals surface area contributed by atoms with Gasteiger partial charge in [0.2, 0.25) is 0 Å².